The Morgan fingerprint density at radius 1 is 0.867 bits per heavy atom. The smallest absolute Gasteiger partial charge is 0.138 e. The largest absolute Gasteiger partial charge is 0.425 e. The topological polar surface area (TPSA) is 3.24 Å². The minimum atomic E-state index is -1.28. The minimum Gasteiger partial charge on any atom is -0.425 e. The summed E-state index contributed by atoms with van der Waals surface area (Å²) in [4.78, 5) is 0. The van der Waals surface area contributed by atoms with Crippen LogP contribution in [0.3, 0.4) is 0 Å². The summed E-state index contributed by atoms with van der Waals surface area (Å²) in [5.41, 5.74) is 1.38. The molecule has 1 aromatic carbocycles. The second-order valence-electron chi connectivity index (χ2n) is 5.94. The summed E-state index contributed by atoms with van der Waals surface area (Å²) in [7, 11) is -2.56. The van der Waals surface area contributed by atoms with E-state index in [1.807, 2.05) is 12.1 Å². The van der Waals surface area contributed by atoms with Gasteiger partial charge in [-0.15, -0.1) is 0 Å². The van der Waals surface area contributed by atoms with Gasteiger partial charge in [0.1, 0.15) is 16.5 Å². The zero-order valence-electron chi connectivity index (χ0n) is 10.8. The Labute approximate surface area is 96.3 Å². The van der Waals surface area contributed by atoms with Crippen molar-refractivity contribution in [2.24, 2.45) is 0 Å². The average Bonchev–Trinajstić information content (AvgIpc) is 2.00. The lowest BCUT2D eigenvalue weighted by Crippen LogP contribution is -2.59. The van der Waals surface area contributed by atoms with Crippen LogP contribution in [0.5, 0.6) is 0 Å². The van der Waals surface area contributed by atoms with Crippen molar-refractivity contribution in [2.45, 2.75) is 39.3 Å². The third-order valence-corrected chi connectivity index (χ3v) is 9.53. The second-order valence-corrected chi connectivity index (χ2v) is 16.0. The molecule has 0 saturated heterocycles. The minimum absolute atomic E-state index is 1.28. The number of benzene rings is 1. The van der Waals surface area contributed by atoms with Gasteiger partial charge in [0.25, 0.3) is 0 Å². The molecule has 0 unspecified atom stereocenters. The van der Waals surface area contributed by atoms with Gasteiger partial charge in [0.2, 0.25) is 0 Å². The molecule has 0 bridgehead atoms. The molecule has 1 radical (unpaired) electrons. The Bertz CT molecular complexity index is 295. The van der Waals surface area contributed by atoms with Gasteiger partial charge >= 0.3 is 0 Å². The van der Waals surface area contributed by atoms with Crippen molar-refractivity contribution in [3.05, 3.63) is 30.3 Å². The molecule has 0 heterocycles. The van der Waals surface area contributed by atoms with Gasteiger partial charge in [0.15, 0.2) is 0 Å². The van der Waals surface area contributed by atoms with Gasteiger partial charge in [-0.3, -0.25) is 0 Å². The predicted molar refractivity (Wildman–Crippen MR) is 74.4 cm³/mol. The summed E-state index contributed by atoms with van der Waals surface area (Å²) in [5, 5.41) is 0. The van der Waals surface area contributed by atoms with Crippen LogP contribution in [0.1, 0.15) is 0 Å². The Kier molecular flexibility index (Phi) is 3.46. The molecule has 0 spiro atoms. The molecule has 0 N–H and O–H groups in total. The van der Waals surface area contributed by atoms with Gasteiger partial charge in [-0.25, -0.2) is 0 Å². The van der Waals surface area contributed by atoms with Crippen LogP contribution >= 0.6 is 0 Å². The Hall–Kier alpha value is -0.546. The highest BCUT2D eigenvalue weighted by Gasteiger charge is 2.34. The van der Waals surface area contributed by atoms with Crippen molar-refractivity contribution >= 4 is 22.2 Å². The van der Waals surface area contributed by atoms with E-state index in [4.69, 9.17) is 0 Å². The molecule has 1 aromatic rings. The first-order valence-corrected chi connectivity index (χ1v) is 12.4. The second kappa shape index (κ2) is 4.14. The van der Waals surface area contributed by atoms with Crippen LogP contribution in [0.15, 0.2) is 24.3 Å². The van der Waals surface area contributed by atoms with Crippen LogP contribution in [-0.2, 0) is 0 Å². The van der Waals surface area contributed by atoms with Crippen molar-refractivity contribution in [3.63, 3.8) is 0 Å². The summed E-state index contributed by atoms with van der Waals surface area (Å²) in [5.74, 6) is 0. The third-order valence-electron chi connectivity index (χ3n) is 2.30. The van der Waals surface area contributed by atoms with Crippen LogP contribution in [0.25, 0.3) is 0 Å². The molecule has 1 nitrogen and oxygen atoms in total. The van der Waals surface area contributed by atoms with E-state index in [-0.39, 0.29) is 0 Å². The molecule has 0 aromatic heterocycles. The first kappa shape index (κ1) is 12.5. The summed E-state index contributed by atoms with van der Waals surface area (Å²) in [6.07, 6.45) is 0. The number of hydrogen-bond acceptors (Lipinski definition) is 1. The van der Waals surface area contributed by atoms with Crippen molar-refractivity contribution < 1.29 is 0 Å². The van der Waals surface area contributed by atoms with Crippen LogP contribution in [0.2, 0.25) is 39.3 Å². The van der Waals surface area contributed by atoms with Crippen LogP contribution in [0.4, 0.5) is 5.69 Å². The van der Waals surface area contributed by atoms with E-state index in [0.717, 1.165) is 0 Å². The van der Waals surface area contributed by atoms with E-state index in [2.05, 4.69) is 61.7 Å². The Morgan fingerprint density at radius 2 is 1.27 bits per heavy atom. The van der Waals surface area contributed by atoms with Crippen LogP contribution < -0.4 is 4.23 Å². The quantitative estimate of drug-likeness (QED) is 0.718. The molecule has 0 fully saturated rings. The van der Waals surface area contributed by atoms with Crippen LogP contribution in [0, 0.1) is 6.07 Å². The van der Waals surface area contributed by atoms with Gasteiger partial charge in [0.05, 0.1) is 0 Å². The van der Waals surface area contributed by atoms with Gasteiger partial charge in [-0.1, -0.05) is 51.4 Å². The van der Waals surface area contributed by atoms with Crippen LogP contribution in [-0.4, -0.2) is 16.5 Å². The SMILES string of the molecule is C[Si](C)(C)N(c1cc[c]cc1)[Si](C)(C)C. The molecule has 0 saturated carbocycles. The normalized spacial score (nSPS) is 12.7. The molecular weight excluding hydrogens is 214 g/mol. The van der Waals surface area contributed by atoms with E-state index < -0.39 is 16.5 Å². The van der Waals surface area contributed by atoms with E-state index in [1.54, 1.807) is 0 Å². The van der Waals surface area contributed by atoms with Crippen molar-refractivity contribution in [1.29, 1.82) is 0 Å². The lowest BCUT2D eigenvalue weighted by Gasteiger charge is -2.45. The number of rotatable bonds is 3. The Balaban J connectivity index is 3.15. The maximum atomic E-state index is 3.09. The maximum absolute atomic E-state index is 3.09. The molecular formula is C12H22NSi2. The van der Waals surface area contributed by atoms with Crippen molar-refractivity contribution in [1.82, 2.24) is 0 Å². The molecule has 0 aliphatic rings. The monoisotopic (exact) mass is 236 g/mol. The highest BCUT2D eigenvalue weighted by atomic mass is 28.4. The summed E-state index contributed by atoms with van der Waals surface area (Å²) in [6.45, 7) is 14.5. The standard InChI is InChI=1S/C12H22NSi2/c1-14(2,3)13(15(4,5)6)12-10-8-7-9-11-12/h8-11H,1-6H3. The molecule has 3 heteroatoms. The summed E-state index contributed by atoms with van der Waals surface area (Å²) < 4.78 is 2.72. The maximum Gasteiger partial charge on any atom is 0.138 e. The molecule has 0 aliphatic carbocycles. The fourth-order valence-corrected chi connectivity index (χ4v) is 12.2. The van der Waals surface area contributed by atoms with Gasteiger partial charge in [-0.2, -0.15) is 0 Å². The van der Waals surface area contributed by atoms with Gasteiger partial charge in [-0.05, 0) is 18.2 Å². The van der Waals surface area contributed by atoms with E-state index in [1.165, 1.54) is 5.69 Å². The zero-order chi connectivity index (χ0) is 11.7. The highest BCUT2D eigenvalue weighted by molar-refractivity contribution is 6.99. The zero-order valence-corrected chi connectivity index (χ0v) is 12.8. The van der Waals surface area contributed by atoms with Crippen molar-refractivity contribution in [2.75, 3.05) is 4.23 Å². The third kappa shape index (κ3) is 3.21. The first-order chi connectivity index (χ1) is 6.73. The van der Waals surface area contributed by atoms with Gasteiger partial charge in [0, 0.05) is 5.69 Å². The molecule has 1 rings (SSSR count). The molecule has 0 amide bonds. The van der Waals surface area contributed by atoms with Crippen molar-refractivity contribution in [3.8, 4) is 0 Å². The molecule has 0 aliphatic heterocycles. The fourth-order valence-electron chi connectivity index (χ4n) is 2.31. The van der Waals surface area contributed by atoms with Gasteiger partial charge < -0.3 is 4.23 Å². The van der Waals surface area contributed by atoms with E-state index in [9.17, 15) is 0 Å². The molecule has 0 atom stereocenters. The van der Waals surface area contributed by atoms with E-state index in [0.29, 0.717) is 0 Å². The molecule has 83 valence electrons. The molecule has 15 heavy (non-hydrogen) atoms. The summed E-state index contributed by atoms with van der Waals surface area (Å²) in [6, 6.07) is 11.5. The predicted octanol–water partition coefficient (Wildman–Crippen LogP) is 3.96. The highest BCUT2D eigenvalue weighted by Crippen LogP contribution is 2.27. The lowest BCUT2D eigenvalue weighted by molar-refractivity contribution is 1.35. The Morgan fingerprint density at radius 3 is 1.60 bits per heavy atom. The number of anilines is 1. The summed E-state index contributed by atoms with van der Waals surface area (Å²) >= 11 is 0. The number of hydrogen-bond donors (Lipinski definition) is 0. The fraction of sp³-hybridized carbons (Fsp3) is 0.500. The number of nitrogens with zero attached hydrogens (tertiary/aromatic N) is 1. The lowest BCUT2D eigenvalue weighted by atomic mass is 10.3. The van der Waals surface area contributed by atoms with E-state index >= 15 is 0 Å². The average molecular weight is 236 g/mol. The first-order valence-electron chi connectivity index (χ1n) is 5.49.